The first-order valence-electron chi connectivity index (χ1n) is 5.02. The van der Waals surface area contributed by atoms with Crippen LogP contribution in [-0.4, -0.2) is 18.9 Å². The number of benzene rings is 1. The topological polar surface area (TPSA) is 12.2 Å². The van der Waals surface area contributed by atoms with E-state index in [2.05, 4.69) is 45.1 Å². The summed E-state index contributed by atoms with van der Waals surface area (Å²) in [5, 5.41) is 0. The van der Waals surface area contributed by atoms with Gasteiger partial charge in [-0.15, -0.1) is 0 Å². The van der Waals surface area contributed by atoms with Crippen LogP contribution in [0.3, 0.4) is 0 Å². The Morgan fingerprint density at radius 3 is 2.71 bits per heavy atom. The van der Waals surface area contributed by atoms with Crippen molar-refractivity contribution in [3.63, 3.8) is 0 Å². The van der Waals surface area contributed by atoms with E-state index in [1.165, 1.54) is 18.5 Å². The molecule has 0 aliphatic carbocycles. The molecule has 2 atom stereocenters. The van der Waals surface area contributed by atoms with E-state index < -0.39 is 0 Å². The molecule has 2 heterocycles. The summed E-state index contributed by atoms with van der Waals surface area (Å²) >= 11 is 3.44. The molecule has 2 aliphatic rings. The molecule has 2 nitrogen and oxygen atoms in total. The molecule has 3 heteroatoms. The van der Waals surface area contributed by atoms with Crippen LogP contribution in [0.2, 0.25) is 0 Å². The molecule has 0 amide bonds. The number of halogens is 1. The molecule has 1 aromatic carbocycles. The van der Waals surface area contributed by atoms with Crippen molar-refractivity contribution in [2.24, 2.45) is 0 Å². The molecule has 1 aromatic rings. The highest BCUT2D eigenvalue weighted by molar-refractivity contribution is 9.10. The molecule has 14 heavy (non-hydrogen) atoms. The summed E-state index contributed by atoms with van der Waals surface area (Å²) in [6.07, 6.45) is 2.85. The second kappa shape index (κ2) is 3.24. The van der Waals surface area contributed by atoms with E-state index in [0.717, 1.165) is 11.1 Å². The molecule has 0 N–H and O–H groups in total. The van der Waals surface area contributed by atoms with Crippen molar-refractivity contribution in [3.8, 4) is 0 Å². The summed E-state index contributed by atoms with van der Waals surface area (Å²) < 4.78 is 6.79. The molecule has 74 valence electrons. The molecule has 2 fully saturated rings. The Balaban J connectivity index is 1.81. The summed E-state index contributed by atoms with van der Waals surface area (Å²) in [6, 6.07) is 9.10. The molecule has 0 bridgehead atoms. The van der Waals surface area contributed by atoms with Crippen molar-refractivity contribution < 1.29 is 4.74 Å². The first kappa shape index (κ1) is 8.74. The minimum atomic E-state index is 0.366. The van der Waals surface area contributed by atoms with Gasteiger partial charge in [0.2, 0.25) is 0 Å². The minimum absolute atomic E-state index is 0.366. The zero-order valence-corrected chi connectivity index (χ0v) is 9.40. The van der Waals surface area contributed by atoms with Gasteiger partial charge in [-0.1, -0.05) is 15.9 Å². The molecule has 0 radical (unpaired) electrons. The monoisotopic (exact) mass is 253 g/mol. The third kappa shape index (κ3) is 1.35. The lowest BCUT2D eigenvalue weighted by molar-refractivity contribution is 0.0913. The Morgan fingerprint density at radius 2 is 2.07 bits per heavy atom. The van der Waals surface area contributed by atoms with Gasteiger partial charge < -0.3 is 9.64 Å². The van der Waals surface area contributed by atoms with Gasteiger partial charge in [0.25, 0.3) is 0 Å². The first-order valence-corrected chi connectivity index (χ1v) is 5.81. The van der Waals surface area contributed by atoms with Crippen LogP contribution in [0.4, 0.5) is 5.69 Å². The maximum Gasteiger partial charge on any atom is 0.151 e. The summed E-state index contributed by atoms with van der Waals surface area (Å²) in [7, 11) is 0. The number of hydrogen-bond acceptors (Lipinski definition) is 2. The van der Waals surface area contributed by atoms with Crippen molar-refractivity contribution in [2.45, 2.75) is 25.1 Å². The summed E-state index contributed by atoms with van der Waals surface area (Å²) in [6.45, 7) is 0.925. The SMILES string of the molecule is Brc1ccc(N2C3CCCOC32)cc1. The van der Waals surface area contributed by atoms with E-state index in [4.69, 9.17) is 4.74 Å². The number of ether oxygens (including phenoxy) is 1. The van der Waals surface area contributed by atoms with Gasteiger partial charge in [0.15, 0.2) is 6.23 Å². The van der Waals surface area contributed by atoms with Gasteiger partial charge in [-0.3, -0.25) is 0 Å². The number of rotatable bonds is 1. The van der Waals surface area contributed by atoms with Crippen LogP contribution in [-0.2, 0) is 4.74 Å². The van der Waals surface area contributed by atoms with Crippen LogP contribution in [0.25, 0.3) is 0 Å². The predicted octanol–water partition coefficient (Wildman–Crippen LogP) is 2.77. The number of nitrogens with zero attached hydrogens (tertiary/aromatic N) is 1. The van der Waals surface area contributed by atoms with Gasteiger partial charge in [-0.05, 0) is 37.1 Å². The van der Waals surface area contributed by atoms with Crippen LogP contribution < -0.4 is 4.90 Å². The van der Waals surface area contributed by atoms with E-state index >= 15 is 0 Å². The molecule has 0 aromatic heterocycles. The quantitative estimate of drug-likeness (QED) is 0.714. The number of hydrogen-bond donors (Lipinski definition) is 0. The van der Waals surface area contributed by atoms with E-state index in [0.29, 0.717) is 12.3 Å². The smallest absolute Gasteiger partial charge is 0.151 e. The Kier molecular flexibility index (Phi) is 2.03. The first-order chi connectivity index (χ1) is 6.86. The highest BCUT2D eigenvalue weighted by Crippen LogP contribution is 2.41. The Morgan fingerprint density at radius 1 is 1.29 bits per heavy atom. The summed E-state index contributed by atoms with van der Waals surface area (Å²) in [5.74, 6) is 0. The summed E-state index contributed by atoms with van der Waals surface area (Å²) in [5.41, 5.74) is 1.28. The highest BCUT2D eigenvalue weighted by atomic mass is 79.9. The largest absolute Gasteiger partial charge is 0.356 e. The Bertz CT molecular complexity index is 326. The standard InChI is InChI=1S/C11H12BrNO/c12-8-3-5-9(6-4-8)13-10-2-1-7-14-11(10)13/h3-6,10-11H,1-2,7H2. The Hall–Kier alpha value is -0.540. The number of anilines is 1. The second-order valence-electron chi connectivity index (χ2n) is 3.85. The Labute approximate surface area is 92.0 Å². The normalized spacial score (nSPS) is 29.9. The average molecular weight is 254 g/mol. The zero-order chi connectivity index (χ0) is 9.54. The highest BCUT2D eigenvalue weighted by Gasteiger charge is 2.50. The summed E-state index contributed by atoms with van der Waals surface area (Å²) in [4.78, 5) is 2.36. The van der Waals surface area contributed by atoms with Gasteiger partial charge in [-0.25, -0.2) is 0 Å². The van der Waals surface area contributed by atoms with Crippen LogP contribution in [0.15, 0.2) is 28.7 Å². The molecule has 0 spiro atoms. The lowest BCUT2D eigenvalue weighted by atomic mass is 10.2. The van der Waals surface area contributed by atoms with Gasteiger partial charge in [0, 0.05) is 16.8 Å². The molecule has 2 saturated heterocycles. The van der Waals surface area contributed by atoms with E-state index in [1.54, 1.807) is 0 Å². The molecular formula is C11H12BrNO. The van der Waals surface area contributed by atoms with Crippen LogP contribution in [0.5, 0.6) is 0 Å². The fraction of sp³-hybridized carbons (Fsp3) is 0.455. The van der Waals surface area contributed by atoms with Gasteiger partial charge in [0.1, 0.15) is 0 Å². The van der Waals surface area contributed by atoms with Gasteiger partial charge >= 0.3 is 0 Å². The maximum atomic E-state index is 5.66. The van der Waals surface area contributed by atoms with Crippen molar-refractivity contribution in [2.75, 3.05) is 11.5 Å². The fourth-order valence-electron chi connectivity index (χ4n) is 2.18. The minimum Gasteiger partial charge on any atom is -0.356 e. The molecule has 3 rings (SSSR count). The zero-order valence-electron chi connectivity index (χ0n) is 7.82. The van der Waals surface area contributed by atoms with Crippen LogP contribution in [0, 0.1) is 0 Å². The van der Waals surface area contributed by atoms with Crippen molar-refractivity contribution in [1.29, 1.82) is 0 Å². The van der Waals surface area contributed by atoms with Gasteiger partial charge in [-0.2, -0.15) is 0 Å². The third-order valence-corrected chi connectivity index (χ3v) is 3.46. The third-order valence-electron chi connectivity index (χ3n) is 2.93. The van der Waals surface area contributed by atoms with Crippen molar-refractivity contribution in [3.05, 3.63) is 28.7 Å². The molecule has 0 saturated carbocycles. The molecule has 2 aliphatic heterocycles. The lowest BCUT2D eigenvalue weighted by Crippen LogP contribution is -2.08. The van der Waals surface area contributed by atoms with E-state index in [1.807, 2.05) is 0 Å². The maximum absolute atomic E-state index is 5.66. The second-order valence-corrected chi connectivity index (χ2v) is 4.77. The number of fused-ring (bicyclic) bond motifs is 1. The van der Waals surface area contributed by atoms with E-state index in [9.17, 15) is 0 Å². The van der Waals surface area contributed by atoms with E-state index in [-0.39, 0.29) is 0 Å². The average Bonchev–Trinajstić information content (AvgIpc) is 2.93. The van der Waals surface area contributed by atoms with Crippen LogP contribution in [0.1, 0.15) is 12.8 Å². The molecule has 2 unspecified atom stereocenters. The predicted molar refractivity (Wildman–Crippen MR) is 59.4 cm³/mol. The van der Waals surface area contributed by atoms with Crippen molar-refractivity contribution in [1.82, 2.24) is 0 Å². The van der Waals surface area contributed by atoms with Crippen LogP contribution >= 0.6 is 15.9 Å². The van der Waals surface area contributed by atoms with Gasteiger partial charge in [0.05, 0.1) is 6.04 Å². The lowest BCUT2D eigenvalue weighted by Gasteiger charge is -2.05. The fourth-order valence-corrected chi connectivity index (χ4v) is 2.44. The molecular weight excluding hydrogens is 242 g/mol. The van der Waals surface area contributed by atoms with Crippen molar-refractivity contribution >= 4 is 21.6 Å².